The van der Waals surface area contributed by atoms with E-state index in [1.807, 2.05) is 12.2 Å². The SMILES string of the molecule is C=CCC1(CC=C)CCC[C@]2(CCCC2=O)O1. The van der Waals surface area contributed by atoms with Crippen LogP contribution in [-0.4, -0.2) is 17.0 Å². The summed E-state index contributed by atoms with van der Waals surface area (Å²) in [6, 6.07) is 0. The second-order valence-corrected chi connectivity index (χ2v) is 5.40. The summed E-state index contributed by atoms with van der Waals surface area (Å²) in [6.07, 6.45) is 11.0. The highest BCUT2D eigenvalue weighted by Crippen LogP contribution is 2.46. The molecule has 1 aliphatic carbocycles. The Kier molecular flexibility index (Phi) is 3.53. The van der Waals surface area contributed by atoms with E-state index in [4.69, 9.17) is 4.74 Å². The van der Waals surface area contributed by atoms with Crippen LogP contribution in [0.4, 0.5) is 0 Å². The van der Waals surface area contributed by atoms with Crippen LogP contribution in [0.1, 0.15) is 51.4 Å². The summed E-state index contributed by atoms with van der Waals surface area (Å²) in [4.78, 5) is 12.1. The van der Waals surface area contributed by atoms with Crippen molar-refractivity contribution < 1.29 is 9.53 Å². The van der Waals surface area contributed by atoms with E-state index in [1.54, 1.807) is 0 Å². The molecule has 0 amide bonds. The first-order valence-corrected chi connectivity index (χ1v) is 6.62. The number of ether oxygens (including phenoxy) is 1. The topological polar surface area (TPSA) is 26.3 Å². The van der Waals surface area contributed by atoms with E-state index in [2.05, 4.69) is 13.2 Å². The Labute approximate surface area is 104 Å². The van der Waals surface area contributed by atoms with Gasteiger partial charge in [0.2, 0.25) is 0 Å². The largest absolute Gasteiger partial charge is 0.360 e. The van der Waals surface area contributed by atoms with Crippen LogP contribution < -0.4 is 0 Å². The van der Waals surface area contributed by atoms with Crippen molar-refractivity contribution in [3.63, 3.8) is 0 Å². The summed E-state index contributed by atoms with van der Waals surface area (Å²) < 4.78 is 6.32. The van der Waals surface area contributed by atoms with Crippen LogP contribution in [0, 0.1) is 0 Å². The molecule has 2 heteroatoms. The van der Waals surface area contributed by atoms with Crippen LogP contribution in [0.25, 0.3) is 0 Å². The van der Waals surface area contributed by atoms with Gasteiger partial charge in [-0.1, -0.05) is 12.2 Å². The maximum absolute atomic E-state index is 12.1. The van der Waals surface area contributed by atoms with Gasteiger partial charge >= 0.3 is 0 Å². The first-order valence-electron chi connectivity index (χ1n) is 6.62. The van der Waals surface area contributed by atoms with Crippen LogP contribution in [0.2, 0.25) is 0 Å². The fourth-order valence-electron chi connectivity index (χ4n) is 3.38. The maximum atomic E-state index is 12.1. The third-order valence-corrected chi connectivity index (χ3v) is 4.15. The van der Waals surface area contributed by atoms with Gasteiger partial charge in [-0.05, 0) is 44.9 Å². The van der Waals surface area contributed by atoms with Crippen LogP contribution in [0.15, 0.2) is 25.3 Å². The lowest BCUT2D eigenvalue weighted by molar-refractivity contribution is -0.189. The smallest absolute Gasteiger partial charge is 0.164 e. The first-order chi connectivity index (χ1) is 8.16. The van der Waals surface area contributed by atoms with Crippen molar-refractivity contribution in [2.45, 2.75) is 62.6 Å². The molecule has 2 rings (SSSR count). The van der Waals surface area contributed by atoms with Crippen LogP contribution >= 0.6 is 0 Å². The summed E-state index contributed by atoms with van der Waals surface area (Å²) in [5, 5.41) is 0. The average Bonchev–Trinajstić information content (AvgIpc) is 2.61. The van der Waals surface area contributed by atoms with E-state index in [-0.39, 0.29) is 5.60 Å². The predicted octanol–water partition coefficient (Wildman–Crippen LogP) is 3.57. The van der Waals surface area contributed by atoms with E-state index in [1.165, 1.54) is 0 Å². The molecule has 0 bridgehead atoms. The van der Waals surface area contributed by atoms with Gasteiger partial charge in [-0.15, -0.1) is 13.2 Å². The van der Waals surface area contributed by atoms with Gasteiger partial charge in [-0.2, -0.15) is 0 Å². The van der Waals surface area contributed by atoms with Crippen molar-refractivity contribution >= 4 is 5.78 Å². The summed E-state index contributed by atoms with van der Waals surface area (Å²) in [5.41, 5.74) is -0.688. The predicted molar refractivity (Wildman–Crippen MR) is 68.9 cm³/mol. The maximum Gasteiger partial charge on any atom is 0.164 e. The molecular weight excluding hydrogens is 212 g/mol. The zero-order chi connectivity index (χ0) is 12.4. The molecule has 1 atom stereocenters. The second-order valence-electron chi connectivity index (χ2n) is 5.40. The molecular formula is C15H22O2. The van der Waals surface area contributed by atoms with Crippen LogP contribution in [0.3, 0.4) is 0 Å². The van der Waals surface area contributed by atoms with Crippen molar-refractivity contribution in [2.75, 3.05) is 0 Å². The molecule has 0 aromatic carbocycles. The van der Waals surface area contributed by atoms with Gasteiger partial charge in [-0.3, -0.25) is 4.79 Å². The van der Waals surface area contributed by atoms with Gasteiger partial charge in [0.05, 0.1) is 5.60 Å². The van der Waals surface area contributed by atoms with E-state index in [0.717, 1.165) is 44.9 Å². The van der Waals surface area contributed by atoms with Crippen LogP contribution in [-0.2, 0) is 9.53 Å². The van der Waals surface area contributed by atoms with Crippen molar-refractivity contribution in [1.29, 1.82) is 0 Å². The minimum Gasteiger partial charge on any atom is -0.360 e. The Hall–Kier alpha value is -0.890. The highest BCUT2D eigenvalue weighted by Gasteiger charge is 2.50. The summed E-state index contributed by atoms with van der Waals surface area (Å²) in [7, 11) is 0. The fraction of sp³-hybridized carbons (Fsp3) is 0.667. The van der Waals surface area contributed by atoms with Gasteiger partial charge in [-0.25, -0.2) is 0 Å². The molecule has 17 heavy (non-hydrogen) atoms. The molecule has 1 saturated carbocycles. The molecule has 1 saturated heterocycles. The second kappa shape index (κ2) is 4.77. The monoisotopic (exact) mass is 234 g/mol. The number of carbonyl (C=O) groups excluding carboxylic acids is 1. The van der Waals surface area contributed by atoms with Crippen molar-refractivity contribution in [2.24, 2.45) is 0 Å². The molecule has 2 nitrogen and oxygen atoms in total. The molecule has 0 aromatic rings. The lowest BCUT2D eigenvalue weighted by atomic mass is 9.80. The molecule has 0 aromatic heterocycles. The lowest BCUT2D eigenvalue weighted by Crippen LogP contribution is -2.50. The zero-order valence-electron chi connectivity index (χ0n) is 10.5. The van der Waals surface area contributed by atoms with Crippen molar-refractivity contribution in [1.82, 2.24) is 0 Å². The van der Waals surface area contributed by atoms with E-state index >= 15 is 0 Å². The third kappa shape index (κ3) is 2.23. The highest BCUT2D eigenvalue weighted by atomic mass is 16.5. The molecule has 0 radical (unpaired) electrons. The molecule has 0 unspecified atom stereocenters. The van der Waals surface area contributed by atoms with E-state index in [9.17, 15) is 4.79 Å². The third-order valence-electron chi connectivity index (χ3n) is 4.15. The summed E-state index contributed by atoms with van der Waals surface area (Å²) in [6.45, 7) is 7.63. The summed E-state index contributed by atoms with van der Waals surface area (Å²) in [5.74, 6) is 0.315. The van der Waals surface area contributed by atoms with Gasteiger partial charge in [0.25, 0.3) is 0 Å². The molecule has 0 N–H and O–H groups in total. The number of Topliss-reactive ketones (excluding diaryl/α,β-unsaturated/α-hetero) is 1. The molecule has 2 aliphatic rings. The highest BCUT2D eigenvalue weighted by molar-refractivity contribution is 5.89. The Morgan fingerprint density at radius 2 is 1.76 bits per heavy atom. The molecule has 94 valence electrons. The molecule has 1 spiro atoms. The Bertz CT molecular complexity index is 322. The number of ketones is 1. The zero-order valence-corrected chi connectivity index (χ0v) is 10.5. The fourth-order valence-corrected chi connectivity index (χ4v) is 3.38. The molecule has 1 heterocycles. The van der Waals surface area contributed by atoms with Gasteiger partial charge in [0.1, 0.15) is 5.60 Å². The quantitative estimate of drug-likeness (QED) is 0.695. The van der Waals surface area contributed by atoms with E-state index < -0.39 is 5.60 Å². The number of rotatable bonds is 4. The number of hydrogen-bond acceptors (Lipinski definition) is 2. The Morgan fingerprint density at radius 3 is 2.29 bits per heavy atom. The van der Waals surface area contributed by atoms with Gasteiger partial charge in [0, 0.05) is 6.42 Å². The average molecular weight is 234 g/mol. The number of hydrogen-bond donors (Lipinski definition) is 0. The van der Waals surface area contributed by atoms with Crippen molar-refractivity contribution in [3.05, 3.63) is 25.3 Å². The van der Waals surface area contributed by atoms with Gasteiger partial charge < -0.3 is 4.74 Å². The normalized spacial score (nSPS) is 31.6. The Morgan fingerprint density at radius 1 is 1.12 bits per heavy atom. The minimum atomic E-state index is -0.468. The summed E-state index contributed by atoms with van der Waals surface area (Å²) >= 11 is 0. The van der Waals surface area contributed by atoms with E-state index in [0.29, 0.717) is 12.2 Å². The van der Waals surface area contributed by atoms with Gasteiger partial charge in [0.15, 0.2) is 5.78 Å². The minimum absolute atomic E-state index is 0.220. The number of carbonyl (C=O) groups is 1. The molecule has 1 aliphatic heterocycles. The molecule has 2 fully saturated rings. The Balaban J connectivity index is 2.21. The van der Waals surface area contributed by atoms with Crippen molar-refractivity contribution in [3.8, 4) is 0 Å². The first kappa shape index (κ1) is 12.6. The van der Waals surface area contributed by atoms with Crippen LogP contribution in [0.5, 0.6) is 0 Å². The lowest BCUT2D eigenvalue weighted by Gasteiger charge is -2.45. The standard InChI is InChI=1S/C15H22O2/c1-3-8-14(9-4-2)10-6-12-15(17-14)11-5-7-13(15)16/h3-4H,1-2,5-12H2/t15-/m0/s1.